The van der Waals surface area contributed by atoms with Crippen LogP contribution in [0.15, 0.2) is 36.7 Å². The molecule has 0 aliphatic heterocycles. The van der Waals surface area contributed by atoms with Crippen molar-refractivity contribution in [1.82, 2.24) is 9.55 Å². The molecule has 0 radical (unpaired) electrons. The molecule has 0 aliphatic rings. The zero-order valence-electron chi connectivity index (χ0n) is 10.6. The largest absolute Gasteiger partial charge is 0.466 e. The average Bonchev–Trinajstić information content (AvgIpc) is 2.78. The van der Waals surface area contributed by atoms with E-state index >= 15 is 0 Å². The molecule has 94 valence electrons. The summed E-state index contributed by atoms with van der Waals surface area (Å²) in [5.41, 5.74) is 2.20. The Labute approximate surface area is 106 Å². The molecule has 0 spiro atoms. The third kappa shape index (κ3) is 2.77. The van der Waals surface area contributed by atoms with Crippen molar-refractivity contribution in [2.24, 2.45) is 0 Å². The Hall–Kier alpha value is -2.10. The highest BCUT2D eigenvalue weighted by molar-refractivity contribution is 5.71. The molecule has 18 heavy (non-hydrogen) atoms. The SMILES string of the molecule is CCOC(=O)Cc1nccn1-c1ccc(C)cc1. The quantitative estimate of drug-likeness (QED) is 0.775. The summed E-state index contributed by atoms with van der Waals surface area (Å²) in [6.45, 7) is 4.23. The van der Waals surface area contributed by atoms with Crippen molar-refractivity contribution in [3.63, 3.8) is 0 Å². The number of aromatic nitrogens is 2. The Balaban J connectivity index is 2.22. The van der Waals surface area contributed by atoms with E-state index < -0.39 is 0 Å². The summed E-state index contributed by atoms with van der Waals surface area (Å²) in [5, 5.41) is 0. The summed E-state index contributed by atoms with van der Waals surface area (Å²) in [4.78, 5) is 15.7. The predicted octanol–water partition coefficient (Wildman–Crippen LogP) is 2.29. The summed E-state index contributed by atoms with van der Waals surface area (Å²) in [6.07, 6.45) is 3.72. The number of ether oxygens (including phenoxy) is 1. The van der Waals surface area contributed by atoms with Crippen LogP contribution in [0, 0.1) is 6.92 Å². The molecule has 0 unspecified atom stereocenters. The first-order valence-corrected chi connectivity index (χ1v) is 5.95. The second kappa shape index (κ2) is 5.49. The summed E-state index contributed by atoms with van der Waals surface area (Å²) in [7, 11) is 0. The van der Waals surface area contributed by atoms with Gasteiger partial charge >= 0.3 is 5.97 Å². The molecule has 0 saturated heterocycles. The molecule has 0 fully saturated rings. The van der Waals surface area contributed by atoms with Gasteiger partial charge in [0.2, 0.25) is 0 Å². The van der Waals surface area contributed by atoms with Crippen LogP contribution in [0.2, 0.25) is 0 Å². The predicted molar refractivity (Wildman–Crippen MR) is 68.6 cm³/mol. The van der Waals surface area contributed by atoms with Crippen LogP contribution >= 0.6 is 0 Å². The monoisotopic (exact) mass is 244 g/mol. The molecule has 4 nitrogen and oxygen atoms in total. The van der Waals surface area contributed by atoms with Crippen LogP contribution in [-0.2, 0) is 16.0 Å². The lowest BCUT2D eigenvalue weighted by molar-refractivity contribution is -0.142. The number of benzene rings is 1. The molecule has 0 atom stereocenters. The highest BCUT2D eigenvalue weighted by Crippen LogP contribution is 2.12. The number of aryl methyl sites for hydroxylation is 1. The van der Waals surface area contributed by atoms with Crippen molar-refractivity contribution in [3.05, 3.63) is 48.0 Å². The van der Waals surface area contributed by atoms with Crippen molar-refractivity contribution < 1.29 is 9.53 Å². The minimum atomic E-state index is -0.253. The maximum absolute atomic E-state index is 11.5. The first kappa shape index (κ1) is 12.4. The maximum atomic E-state index is 11.5. The van der Waals surface area contributed by atoms with Gasteiger partial charge in [-0.15, -0.1) is 0 Å². The molecule has 0 bridgehead atoms. The molecule has 4 heteroatoms. The fraction of sp³-hybridized carbons (Fsp3) is 0.286. The summed E-state index contributed by atoms with van der Waals surface area (Å²) >= 11 is 0. The van der Waals surface area contributed by atoms with E-state index in [1.54, 1.807) is 13.1 Å². The van der Waals surface area contributed by atoms with E-state index in [2.05, 4.69) is 4.98 Å². The molecule has 0 saturated carbocycles. The van der Waals surface area contributed by atoms with Crippen LogP contribution < -0.4 is 0 Å². The summed E-state index contributed by atoms with van der Waals surface area (Å²) in [6, 6.07) is 8.07. The van der Waals surface area contributed by atoms with Gasteiger partial charge in [-0.25, -0.2) is 4.98 Å². The van der Waals surface area contributed by atoms with Gasteiger partial charge < -0.3 is 9.30 Å². The van der Waals surface area contributed by atoms with Gasteiger partial charge in [-0.2, -0.15) is 0 Å². The smallest absolute Gasteiger partial charge is 0.313 e. The van der Waals surface area contributed by atoms with Gasteiger partial charge in [0.15, 0.2) is 0 Å². The van der Waals surface area contributed by atoms with Gasteiger partial charge in [0.25, 0.3) is 0 Å². The Kier molecular flexibility index (Phi) is 3.77. The Morgan fingerprint density at radius 2 is 2.06 bits per heavy atom. The number of carbonyl (C=O) groups is 1. The number of hydrogen-bond acceptors (Lipinski definition) is 3. The molecule has 2 aromatic rings. The van der Waals surface area contributed by atoms with Crippen molar-refractivity contribution in [2.75, 3.05) is 6.61 Å². The molecular formula is C14H16N2O2. The lowest BCUT2D eigenvalue weighted by Gasteiger charge is -2.07. The molecule has 1 heterocycles. The highest BCUT2D eigenvalue weighted by atomic mass is 16.5. The normalized spacial score (nSPS) is 10.3. The average molecular weight is 244 g/mol. The van der Waals surface area contributed by atoms with E-state index in [-0.39, 0.29) is 12.4 Å². The van der Waals surface area contributed by atoms with Gasteiger partial charge in [0.05, 0.1) is 6.61 Å². The summed E-state index contributed by atoms with van der Waals surface area (Å²) in [5.74, 6) is 0.439. The van der Waals surface area contributed by atoms with E-state index in [1.807, 2.05) is 42.0 Å². The van der Waals surface area contributed by atoms with E-state index in [0.29, 0.717) is 12.4 Å². The number of carbonyl (C=O) groups excluding carboxylic acids is 1. The third-order valence-corrected chi connectivity index (χ3v) is 2.64. The van der Waals surface area contributed by atoms with Gasteiger partial charge in [0.1, 0.15) is 12.2 Å². The summed E-state index contributed by atoms with van der Waals surface area (Å²) < 4.78 is 6.83. The van der Waals surface area contributed by atoms with Crippen LogP contribution in [0.1, 0.15) is 18.3 Å². The minimum Gasteiger partial charge on any atom is -0.466 e. The standard InChI is InChI=1S/C14H16N2O2/c1-3-18-14(17)10-13-15-8-9-16(13)12-6-4-11(2)5-7-12/h4-9H,3,10H2,1-2H3. The Morgan fingerprint density at radius 1 is 1.33 bits per heavy atom. The van der Waals surface area contributed by atoms with E-state index in [4.69, 9.17) is 4.74 Å². The minimum absolute atomic E-state index is 0.189. The number of nitrogens with zero attached hydrogens (tertiary/aromatic N) is 2. The van der Waals surface area contributed by atoms with Crippen molar-refractivity contribution in [2.45, 2.75) is 20.3 Å². The second-order valence-corrected chi connectivity index (χ2v) is 4.03. The molecule has 0 N–H and O–H groups in total. The zero-order valence-corrected chi connectivity index (χ0v) is 10.6. The molecule has 0 aliphatic carbocycles. The zero-order chi connectivity index (χ0) is 13.0. The Morgan fingerprint density at radius 3 is 2.72 bits per heavy atom. The Bertz CT molecular complexity index is 529. The highest BCUT2D eigenvalue weighted by Gasteiger charge is 2.10. The van der Waals surface area contributed by atoms with Crippen LogP contribution in [-0.4, -0.2) is 22.1 Å². The van der Waals surface area contributed by atoms with E-state index in [9.17, 15) is 4.79 Å². The van der Waals surface area contributed by atoms with Gasteiger partial charge in [0, 0.05) is 18.1 Å². The van der Waals surface area contributed by atoms with Crippen molar-refractivity contribution in [3.8, 4) is 5.69 Å². The number of rotatable bonds is 4. The number of hydrogen-bond donors (Lipinski definition) is 0. The lowest BCUT2D eigenvalue weighted by atomic mass is 10.2. The maximum Gasteiger partial charge on any atom is 0.313 e. The van der Waals surface area contributed by atoms with Gasteiger partial charge in [-0.3, -0.25) is 4.79 Å². The van der Waals surface area contributed by atoms with Gasteiger partial charge in [-0.05, 0) is 26.0 Å². The molecular weight excluding hydrogens is 228 g/mol. The van der Waals surface area contributed by atoms with E-state index in [1.165, 1.54) is 5.56 Å². The molecule has 1 aromatic carbocycles. The van der Waals surface area contributed by atoms with Crippen LogP contribution in [0.3, 0.4) is 0 Å². The fourth-order valence-electron chi connectivity index (χ4n) is 1.75. The lowest BCUT2D eigenvalue weighted by Crippen LogP contribution is -2.11. The number of esters is 1. The van der Waals surface area contributed by atoms with Crippen molar-refractivity contribution >= 4 is 5.97 Å². The number of imidazole rings is 1. The first-order valence-electron chi connectivity index (χ1n) is 5.95. The van der Waals surface area contributed by atoms with Crippen LogP contribution in [0.5, 0.6) is 0 Å². The molecule has 1 aromatic heterocycles. The van der Waals surface area contributed by atoms with Crippen molar-refractivity contribution in [1.29, 1.82) is 0 Å². The molecule has 2 rings (SSSR count). The first-order chi connectivity index (χ1) is 8.70. The van der Waals surface area contributed by atoms with E-state index in [0.717, 1.165) is 5.69 Å². The van der Waals surface area contributed by atoms with Gasteiger partial charge in [-0.1, -0.05) is 17.7 Å². The topological polar surface area (TPSA) is 44.1 Å². The second-order valence-electron chi connectivity index (χ2n) is 4.03. The molecule has 0 amide bonds. The third-order valence-electron chi connectivity index (χ3n) is 2.64. The van der Waals surface area contributed by atoms with Crippen LogP contribution in [0.4, 0.5) is 0 Å². The van der Waals surface area contributed by atoms with Crippen LogP contribution in [0.25, 0.3) is 5.69 Å². The fourth-order valence-corrected chi connectivity index (χ4v) is 1.75.